The van der Waals surface area contributed by atoms with E-state index in [9.17, 15) is 4.79 Å². The molecule has 0 aliphatic carbocycles. The van der Waals surface area contributed by atoms with E-state index in [1.807, 2.05) is 0 Å². The predicted octanol–water partition coefficient (Wildman–Crippen LogP) is 3.06. The van der Waals surface area contributed by atoms with Crippen LogP contribution < -0.4 is 5.32 Å². The molecule has 3 heteroatoms. The van der Waals surface area contributed by atoms with Crippen LogP contribution in [0.2, 0.25) is 0 Å². The molecule has 0 amide bonds. The first-order valence-corrected chi connectivity index (χ1v) is 6.78. The first-order chi connectivity index (χ1) is 8.22. The molecule has 0 unspecified atom stereocenters. The van der Waals surface area contributed by atoms with Gasteiger partial charge in [-0.25, -0.2) is 4.79 Å². The van der Waals surface area contributed by atoms with Crippen molar-refractivity contribution >= 4 is 5.97 Å². The maximum Gasteiger partial charge on any atom is 0.334 e. The summed E-state index contributed by atoms with van der Waals surface area (Å²) >= 11 is 0. The Balaban J connectivity index is 3.27. The number of esters is 1. The van der Waals surface area contributed by atoms with Crippen LogP contribution in [0.5, 0.6) is 0 Å². The van der Waals surface area contributed by atoms with E-state index >= 15 is 0 Å². The Kier molecular flexibility index (Phi) is 11.1. The minimum absolute atomic E-state index is 0.289. The van der Waals surface area contributed by atoms with E-state index in [0.29, 0.717) is 18.7 Å². The van der Waals surface area contributed by atoms with Gasteiger partial charge < -0.3 is 10.1 Å². The lowest BCUT2D eigenvalue weighted by molar-refractivity contribution is -0.138. The van der Waals surface area contributed by atoms with Crippen molar-refractivity contribution in [2.75, 3.05) is 19.7 Å². The van der Waals surface area contributed by atoms with E-state index < -0.39 is 0 Å². The van der Waals surface area contributed by atoms with Crippen LogP contribution in [-0.4, -0.2) is 25.7 Å². The molecule has 0 aliphatic heterocycles. The Labute approximate surface area is 106 Å². The zero-order valence-electron chi connectivity index (χ0n) is 11.4. The third kappa shape index (κ3) is 10.1. The minimum atomic E-state index is -0.289. The second-order valence-electron chi connectivity index (χ2n) is 4.27. The molecular formula is C14H27NO2. The SMILES string of the molecule is C=C(CNCCCCCCCC)C(=O)OCC. The first-order valence-electron chi connectivity index (χ1n) is 6.78. The zero-order valence-corrected chi connectivity index (χ0v) is 11.4. The zero-order chi connectivity index (χ0) is 12.9. The first kappa shape index (κ1) is 16.2. The summed E-state index contributed by atoms with van der Waals surface area (Å²) in [6, 6.07) is 0. The van der Waals surface area contributed by atoms with Crippen molar-refractivity contribution in [3.05, 3.63) is 12.2 Å². The highest BCUT2D eigenvalue weighted by atomic mass is 16.5. The molecule has 0 radical (unpaired) electrons. The van der Waals surface area contributed by atoms with Crippen molar-refractivity contribution in [1.82, 2.24) is 5.32 Å². The topological polar surface area (TPSA) is 38.3 Å². The predicted molar refractivity (Wildman–Crippen MR) is 72.0 cm³/mol. The molecule has 0 aromatic heterocycles. The summed E-state index contributed by atoms with van der Waals surface area (Å²) in [7, 11) is 0. The van der Waals surface area contributed by atoms with E-state index in [4.69, 9.17) is 4.74 Å². The average molecular weight is 241 g/mol. The Hall–Kier alpha value is -0.830. The molecule has 0 heterocycles. The van der Waals surface area contributed by atoms with Crippen LogP contribution in [-0.2, 0) is 9.53 Å². The molecule has 0 spiro atoms. The third-order valence-electron chi connectivity index (χ3n) is 2.61. The Morgan fingerprint density at radius 1 is 1.12 bits per heavy atom. The highest BCUT2D eigenvalue weighted by Crippen LogP contribution is 2.04. The lowest BCUT2D eigenvalue weighted by atomic mass is 10.1. The summed E-state index contributed by atoms with van der Waals surface area (Å²) in [6.45, 7) is 9.62. The quantitative estimate of drug-likeness (QED) is 0.343. The number of carbonyl (C=O) groups is 1. The molecule has 1 N–H and O–H groups in total. The van der Waals surface area contributed by atoms with Crippen molar-refractivity contribution in [3.63, 3.8) is 0 Å². The maximum absolute atomic E-state index is 11.2. The molecule has 0 saturated heterocycles. The van der Waals surface area contributed by atoms with E-state index in [1.165, 1.54) is 38.5 Å². The van der Waals surface area contributed by atoms with Gasteiger partial charge in [-0.1, -0.05) is 45.6 Å². The summed E-state index contributed by atoms with van der Waals surface area (Å²) in [5, 5.41) is 3.22. The van der Waals surface area contributed by atoms with Gasteiger partial charge in [-0.05, 0) is 19.9 Å². The lowest BCUT2D eigenvalue weighted by Crippen LogP contribution is -2.22. The molecular weight excluding hydrogens is 214 g/mol. The number of hydrogen-bond donors (Lipinski definition) is 1. The molecule has 0 aromatic carbocycles. The summed E-state index contributed by atoms with van der Waals surface area (Å²) in [4.78, 5) is 11.2. The number of rotatable bonds is 11. The van der Waals surface area contributed by atoms with E-state index in [-0.39, 0.29) is 5.97 Å². The van der Waals surface area contributed by atoms with E-state index in [1.54, 1.807) is 6.92 Å². The van der Waals surface area contributed by atoms with Gasteiger partial charge in [0.1, 0.15) is 0 Å². The van der Waals surface area contributed by atoms with Crippen molar-refractivity contribution in [2.45, 2.75) is 52.4 Å². The van der Waals surface area contributed by atoms with Gasteiger partial charge in [0.15, 0.2) is 0 Å². The van der Waals surface area contributed by atoms with Gasteiger partial charge >= 0.3 is 5.97 Å². The van der Waals surface area contributed by atoms with Crippen LogP contribution in [0.4, 0.5) is 0 Å². The van der Waals surface area contributed by atoms with Gasteiger partial charge in [0.2, 0.25) is 0 Å². The summed E-state index contributed by atoms with van der Waals surface area (Å²) in [5.74, 6) is -0.289. The standard InChI is InChI=1S/C14H27NO2/c1-4-6-7-8-9-10-11-15-12-13(3)14(16)17-5-2/h15H,3-12H2,1-2H3. The van der Waals surface area contributed by atoms with Crippen LogP contribution in [0, 0.1) is 0 Å². The van der Waals surface area contributed by atoms with E-state index in [2.05, 4.69) is 18.8 Å². The van der Waals surface area contributed by atoms with Crippen LogP contribution >= 0.6 is 0 Å². The molecule has 0 saturated carbocycles. The van der Waals surface area contributed by atoms with Crippen LogP contribution in [0.15, 0.2) is 12.2 Å². The molecule has 0 fully saturated rings. The second kappa shape index (κ2) is 11.6. The Morgan fingerprint density at radius 3 is 2.41 bits per heavy atom. The number of hydrogen-bond acceptors (Lipinski definition) is 3. The number of ether oxygens (including phenoxy) is 1. The van der Waals surface area contributed by atoms with Crippen molar-refractivity contribution in [2.24, 2.45) is 0 Å². The van der Waals surface area contributed by atoms with Gasteiger partial charge in [-0.3, -0.25) is 0 Å². The van der Waals surface area contributed by atoms with Gasteiger partial charge in [0.05, 0.1) is 6.61 Å². The fraction of sp³-hybridized carbons (Fsp3) is 0.786. The molecule has 3 nitrogen and oxygen atoms in total. The Morgan fingerprint density at radius 2 is 1.76 bits per heavy atom. The number of nitrogens with one attached hydrogen (secondary N) is 1. The van der Waals surface area contributed by atoms with Crippen LogP contribution in [0.3, 0.4) is 0 Å². The molecule has 0 aliphatic rings. The smallest absolute Gasteiger partial charge is 0.334 e. The van der Waals surface area contributed by atoms with Gasteiger partial charge in [-0.15, -0.1) is 0 Å². The molecule has 0 bridgehead atoms. The number of unbranched alkanes of at least 4 members (excludes halogenated alkanes) is 5. The molecule has 0 atom stereocenters. The van der Waals surface area contributed by atoms with Gasteiger partial charge in [0, 0.05) is 12.1 Å². The fourth-order valence-electron chi connectivity index (χ4n) is 1.57. The monoisotopic (exact) mass is 241 g/mol. The highest BCUT2D eigenvalue weighted by molar-refractivity contribution is 5.88. The third-order valence-corrected chi connectivity index (χ3v) is 2.61. The minimum Gasteiger partial charge on any atom is -0.463 e. The molecule has 17 heavy (non-hydrogen) atoms. The highest BCUT2D eigenvalue weighted by Gasteiger charge is 2.05. The summed E-state index contributed by atoms with van der Waals surface area (Å²) in [5.41, 5.74) is 0.512. The average Bonchev–Trinajstić information content (AvgIpc) is 2.32. The molecule has 0 rings (SSSR count). The van der Waals surface area contributed by atoms with Gasteiger partial charge in [-0.2, -0.15) is 0 Å². The second-order valence-corrected chi connectivity index (χ2v) is 4.27. The van der Waals surface area contributed by atoms with Crippen molar-refractivity contribution in [3.8, 4) is 0 Å². The fourth-order valence-corrected chi connectivity index (χ4v) is 1.57. The van der Waals surface area contributed by atoms with Crippen molar-refractivity contribution < 1.29 is 9.53 Å². The summed E-state index contributed by atoms with van der Waals surface area (Å²) < 4.78 is 4.85. The largest absolute Gasteiger partial charge is 0.463 e. The normalized spacial score (nSPS) is 10.2. The Bertz CT molecular complexity index is 214. The lowest BCUT2D eigenvalue weighted by Gasteiger charge is -2.07. The van der Waals surface area contributed by atoms with E-state index in [0.717, 1.165) is 6.54 Å². The number of carbonyl (C=O) groups excluding carboxylic acids is 1. The summed E-state index contributed by atoms with van der Waals surface area (Å²) in [6.07, 6.45) is 7.71. The maximum atomic E-state index is 11.2. The van der Waals surface area contributed by atoms with Gasteiger partial charge in [0.25, 0.3) is 0 Å². The van der Waals surface area contributed by atoms with Crippen LogP contribution in [0.1, 0.15) is 52.4 Å². The van der Waals surface area contributed by atoms with Crippen LogP contribution in [0.25, 0.3) is 0 Å². The molecule has 0 aromatic rings. The molecule has 100 valence electrons. The van der Waals surface area contributed by atoms with Crippen molar-refractivity contribution in [1.29, 1.82) is 0 Å².